The fourth-order valence-corrected chi connectivity index (χ4v) is 2.03. The van der Waals surface area contributed by atoms with Crippen molar-refractivity contribution in [2.24, 2.45) is 16.3 Å². The zero-order chi connectivity index (χ0) is 15.5. The second kappa shape index (κ2) is 5.77. The van der Waals surface area contributed by atoms with Crippen molar-refractivity contribution in [2.75, 3.05) is 18.5 Å². The van der Waals surface area contributed by atoms with Gasteiger partial charge in [-0.15, -0.1) is 0 Å². The summed E-state index contributed by atoms with van der Waals surface area (Å²) >= 11 is 0. The average molecular weight is 280 g/mol. The molecule has 7 heteroatoms. The number of amidine groups is 1. The summed E-state index contributed by atoms with van der Waals surface area (Å²) in [6, 6.07) is 4.32. The molecule has 0 atom stereocenters. The standard InChI is InChI=1S/C13H20N4O3/c1-13(2,3)8-16(4)11-6-5-9(17(19)20)7-10(11)12(14)15-18/h5-7,18H,8H2,1-4H3,(H2,14,15). The maximum atomic E-state index is 10.8. The Morgan fingerprint density at radius 1 is 1.50 bits per heavy atom. The molecule has 0 amide bonds. The summed E-state index contributed by atoms with van der Waals surface area (Å²) in [6.07, 6.45) is 0. The van der Waals surface area contributed by atoms with Crippen LogP contribution in [0.25, 0.3) is 0 Å². The van der Waals surface area contributed by atoms with Crippen LogP contribution in [0.2, 0.25) is 0 Å². The van der Waals surface area contributed by atoms with Crippen LogP contribution in [0.3, 0.4) is 0 Å². The van der Waals surface area contributed by atoms with Crippen LogP contribution in [0.4, 0.5) is 11.4 Å². The average Bonchev–Trinajstić information content (AvgIpc) is 2.34. The van der Waals surface area contributed by atoms with Gasteiger partial charge in [-0.25, -0.2) is 0 Å². The largest absolute Gasteiger partial charge is 0.409 e. The number of hydrogen-bond acceptors (Lipinski definition) is 5. The number of oxime groups is 1. The minimum atomic E-state index is -0.512. The van der Waals surface area contributed by atoms with Crippen LogP contribution in [-0.4, -0.2) is 29.6 Å². The highest BCUT2D eigenvalue weighted by Gasteiger charge is 2.20. The monoisotopic (exact) mass is 280 g/mol. The zero-order valence-electron chi connectivity index (χ0n) is 12.1. The molecular formula is C13H20N4O3. The lowest BCUT2D eigenvalue weighted by molar-refractivity contribution is -0.384. The molecule has 0 spiro atoms. The second-order valence-electron chi connectivity index (χ2n) is 5.86. The molecule has 0 aromatic heterocycles. The molecule has 1 aromatic carbocycles. The lowest BCUT2D eigenvalue weighted by Crippen LogP contribution is -2.31. The third-order valence-electron chi connectivity index (χ3n) is 2.70. The van der Waals surface area contributed by atoms with Gasteiger partial charge in [0.15, 0.2) is 5.84 Å². The molecule has 0 bridgehead atoms. The third-order valence-corrected chi connectivity index (χ3v) is 2.70. The Balaban J connectivity index is 3.28. The van der Waals surface area contributed by atoms with Gasteiger partial charge in [0.2, 0.25) is 0 Å². The van der Waals surface area contributed by atoms with E-state index in [1.165, 1.54) is 12.1 Å². The van der Waals surface area contributed by atoms with Crippen LogP contribution in [0.5, 0.6) is 0 Å². The molecule has 0 unspecified atom stereocenters. The highest BCUT2D eigenvalue weighted by Crippen LogP contribution is 2.27. The van der Waals surface area contributed by atoms with E-state index in [0.29, 0.717) is 11.3 Å². The molecule has 20 heavy (non-hydrogen) atoms. The molecule has 3 N–H and O–H groups in total. The summed E-state index contributed by atoms with van der Waals surface area (Å²) in [6.45, 7) is 6.96. The Labute approximate surface area is 117 Å². The van der Waals surface area contributed by atoms with Gasteiger partial charge < -0.3 is 15.8 Å². The van der Waals surface area contributed by atoms with E-state index in [0.717, 1.165) is 6.54 Å². The van der Waals surface area contributed by atoms with E-state index < -0.39 is 4.92 Å². The van der Waals surface area contributed by atoms with Gasteiger partial charge in [-0.2, -0.15) is 0 Å². The Kier molecular flexibility index (Phi) is 4.54. The van der Waals surface area contributed by atoms with E-state index >= 15 is 0 Å². The number of nitrogens with two attached hydrogens (primary N) is 1. The van der Waals surface area contributed by atoms with E-state index in [-0.39, 0.29) is 16.9 Å². The minimum absolute atomic E-state index is 0.0406. The predicted molar refractivity (Wildman–Crippen MR) is 78.3 cm³/mol. The van der Waals surface area contributed by atoms with Gasteiger partial charge in [0, 0.05) is 31.4 Å². The topological polar surface area (TPSA) is 105 Å². The highest BCUT2D eigenvalue weighted by atomic mass is 16.6. The summed E-state index contributed by atoms with van der Waals surface area (Å²) in [5.74, 6) is -0.149. The van der Waals surface area contributed by atoms with E-state index in [1.54, 1.807) is 6.07 Å². The molecule has 1 aromatic rings. The molecule has 0 aliphatic rings. The van der Waals surface area contributed by atoms with E-state index in [9.17, 15) is 10.1 Å². The molecule has 0 radical (unpaired) electrons. The number of hydrogen-bond donors (Lipinski definition) is 2. The Hall–Kier alpha value is -2.31. The number of non-ortho nitro benzene ring substituents is 1. The smallest absolute Gasteiger partial charge is 0.270 e. The van der Waals surface area contributed by atoms with E-state index in [1.807, 2.05) is 11.9 Å². The summed E-state index contributed by atoms with van der Waals surface area (Å²) in [5.41, 5.74) is 6.58. The van der Waals surface area contributed by atoms with E-state index in [2.05, 4.69) is 25.9 Å². The van der Waals surface area contributed by atoms with Gasteiger partial charge in [-0.05, 0) is 11.5 Å². The highest BCUT2D eigenvalue weighted by molar-refractivity contribution is 6.02. The molecule has 0 aliphatic carbocycles. The first-order valence-corrected chi connectivity index (χ1v) is 6.13. The number of rotatable bonds is 4. The third kappa shape index (κ3) is 3.84. The van der Waals surface area contributed by atoms with Crippen molar-refractivity contribution in [3.8, 4) is 0 Å². The number of benzene rings is 1. The van der Waals surface area contributed by atoms with Crippen LogP contribution >= 0.6 is 0 Å². The lowest BCUT2D eigenvalue weighted by Gasteiger charge is -2.29. The quantitative estimate of drug-likeness (QED) is 0.289. The van der Waals surface area contributed by atoms with Crippen LogP contribution in [0, 0.1) is 15.5 Å². The maximum Gasteiger partial charge on any atom is 0.270 e. The normalized spacial score (nSPS) is 12.3. The molecular weight excluding hydrogens is 260 g/mol. The lowest BCUT2D eigenvalue weighted by atomic mass is 9.95. The number of nitrogens with zero attached hydrogens (tertiary/aromatic N) is 3. The number of nitro benzene ring substituents is 1. The minimum Gasteiger partial charge on any atom is -0.409 e. The first-order chi connectivity index (χ1) is 9.15. The fraction of sp³-hybridized carbons (Fsp3) is 0.462. The molecule has 1 rings (SSSR count). The molecule has 0 aliphatic heterocycles. The van der Waals surface area contributed by atoms with Crippen molar-refractivity contribution in [3.63, 3.8) is 0 Å². The Bertz CT molecular complexity index is 535. The van der Waals surface area contributed by atoms with Gasteiger partial charge in [-0.1, -0.05) is 25.9 Å². The van der Waals surface area contributed by atoms with Gasteiger partial charge in [-0.3, -0.25) is 10.1 Å². The van der Waals surface area contributed by atoms with Crippen LogP contribution in [0.1, 0.15) is 26.3 Å². The van der Waals surface area contributed by atoms with Crippen molar-refractivity contribution in [3.05, 3.63) is 33.9 Å². The Morgan fingerprint density at radius 2 is 2.10 bits per heavy atom. The van der Waals surface area contributed by atoms with E-state index in [4.69, 9.17) is 10.9 Å². The molecule has 110 valence electrons. The number of nitro groups is 1. The first kappa shape index (κ1) is 15.7. The van der Waals surface area contributed by atoms with Gasteiger partial charge in [0.1, 0.15) is 0 Å². The SMILES string of the molecule is CN(CC(C)(C)C)c1ccc([N+](=O)[O-])cc1C(N)=NO. The van der Waals surface area contributed by atoms with Gasteiger partial charge in [0.25, 0.3) is 5.69 Å². The molecule has 0 fully saturated rings. The summed E-state index contributed by atoms with van der Waals surface area (Å²) in [4.78, 5) is 12.2. The number of anilines is 1. The zero-order valence-corrected chi connectivity index (χ0v) is 12.1. The van der Waals surface area contributed by atoms with Gasteiger partial charge in [0.05, 0.1) is 10.5 Å². The van der Waals surface area contributed by atoms with Crippen molar-refractivity contribution in [2.45, 2.75) is 20.8 Å². The van der Waals surface area contributed by atoms with Crippen LogP contribution < -0.4 is 10.6 Å². The Morgan fingerprint density at radius 3 is 2.55 bits per heavy atom. The van der Waals surface area contributed by atoms with Crippen molar-refractivity contribution in [1.82, 2.24) is 0 Å². The molecule has 7 nitrogen and oxygen atoms in total. The summed E-state index contributed by atoms with van der Waals surface area (Å²) in [7, 11) is 1.86. The maximum absolute atomic E-state index is 10.8. The molecule has 0 heterocycles. The van der Waals surface area contributed by atoms with Crippen LogP contribution in [-0.2, 0) is 0 Å². The molecule has 0 saturated heterocycles. The second-order valence-corrected chi connectivity index (χ2v) is 5.86. The van der Waals surface area contributed by atoms with Crippen molar-refractivity contribution < 1.29 is 10.1 Å². The van der Waals surface area contributed by atoms with Crippen LogP contribution in [0.15, 0.2) is 23.4 Å². The summed E-state index contributed by atoms with van der Waals surface area (Å²) in [5, 5.41) is 22.6. The van der Waals surface area contributed by atoms with Crippen molar-refractivity contribution >= 4 is 17.2 Å². The predicted octanol–water partition coefficient (Wildman–Crippen LogP) is 2.17. The van der Waals surface area contributed by atoms with Gasteiger partial charge >= 0.3 is 0 Å². The molecule has 0 saturated carbocycles. The summed E-state index contributed by atoms with van der Waals surface area (Å²) < 4.78 is 0. The first-order valence-electron chi connectivity index (χ1n) is 6.13. The van der Waals surface area contributed by atoms with Crippen molar-refractivity contribution in [1.29, 1.82) is 0 Å². The fourth-order valence-electron chi connectivity index (χ4n) is 2.03.